The molecule has 11 heavy (non-hydrogen) atoms. The number of carbonyl (C=O) groups is 1. The van der Waals surface area contributed by atoms with Gasteiger partial charge in [0, 0.05) is 5.56 Å². The van der Waals surface area contributed by atoms with Crippen molar-refractivity contribution in [3.63, 3.8) is 0 Å². The number of hydrogen-bond donors (Lipinski definition) is 0. The summed E-state index contributed by atoms with van der Waals surface area (Å²) in [6.07, 6.45) is 1.48. The Kier molecular flexibility index (Phi) is 3.05. The zero-order valence-corrected chi connectivity index (χ0v) is 7.41. The summed E-state index contributed by atoms with van der Waals surface area (Å²) in [5, 5.41) is 0. The molecule has 1 nitrogen and oxygen atoms in total. The lowest BCUT2D eigenvalue weighted by Crippen LogP contribution is -1.91. The molecule has 0 radical (unpaired) electrons. The Hall–Kier alpha value is -0.890. The molecule has 0 heterocycles. The lowest BCUT2D eigenvalue weighted by Gasteiger charge is -1.91. The van der Waals surface area contributed by atoms with Crippen LogP contribution >= 0.6 is 15.9 Å². The largest absolute Gasteiger partial charge is 0.289 e. The van der Waals surface area contributed by atoms with Crippen molar-refractivity contribution < 1.29 is 4.79 Å². The van der Waals surface area contributed by atoms with Crippen molar-refractivity contribution in [1.82, 2.24) is 0 Å². The Morgan fingerprint density at radius 3 is 2.45 bits per heavy atom. The van der Waals surface area contributed by atoms with E-state index in [-0.39, 0.29) is 5.78 Å². The molecule has 0 atom stereocenters. The maximum absolute atomic E-state index is 11.1. The number of carbonyl (C=O) groups excluding carboxylic acids is 1. The van der Waals surface area contributed by atoms with Crippen LogP contribution in [0.15, 0.2) is 41.4 Å². The third kappa shape index (κ3) is 2.31. The van der Waals surface area contributed by atoms with Crippen LogP contribution in [-0.2, 0) is 0 Å². The van der Waals surface area contributed by atoms with E-state index in [1.165, 1.54) is 6.08 Å². The molecular formula is C9H7BrO. The molecule has 0 aliphatic carbocycles. The van der Waals surface area contributed by atoms with Crippen LogP contribution in [0.3, 0.4) is 0 Å². The van der Waals surface area contributed by atoms with Gasteiger partial charge in [-0.1, -0.05) is 46.3 Å². The second-order valence-electron chi connectivity index (χ2n) is 2.02. The monoisotopic (exact) mass is 210 g/mol. The highest BCUT2D eigenvalue weighted by Crippen LogP contribution is 2.01. The second-order valence-corrected chi connectivity index (χ2v) is 2.55. The van der Waals surface area contributed by atoms with E-state index < -0.39 is 0 Å². The fourth-order valence-corrected chi connectivity index (χ4v) is 0.996. The minimum Gasteiger partial charge on any atom is -0.289 e. The van der Waals surface area contributed by atoms with Crippen LogP contribution in [0.25, 0.3) is 0 Å². The molecule has 0 spiro atoms. The van der Waals surface area contributed by atoms with Crippen molar-refractivity contribution in [2.75, 3.05) is 0 Å². The van der Waals surface area contributed by atoms with Gasteiger partial charge in [-0.15, -0.1) is 0 Å². The predicted octanol–water partition coefficient (Wildman–Crippen LogP) is 2.78. The SMILES string of the molecule is O=C(/C=C/Br)c1ccccc1. The fourth-order valence-electron chi connectivity index (χ4n) is 0.756. The molecule has 0 unspecified atom stereocenters. The molecule has 0 N–H and O–H groups in total. The third-order valence-electron chi connectivity index (χ3n) is 1.27. The van der Waals surface area contributed by atoms with Gasteiger partial charge in [-0.3, -0.25) is 4.79 Å². The molecule has 0 fully saturated rings. The molecule has 1 aromatic rings. The van der Waals surface area contributed by atoms with Gasteiger partial charge in [0.15, 0.2) is 5.78 Å². The molecule has 0 aliphatic heterocycles. The predicted molar refractivity (Wildman–Crippen MR) is 48.8 cm³/mol. The van der Waals surface area contributed by atoms with Crippen LogP contribution in [0.4, 0.5) is 0 Å². The Morgan fingerprint density at radius 1 is 1.27 bits per heavy atom. The summed E-state index contributed by atoms with van der Waals surface area (Å²) in [5.74, 6) is 0.0162. The van der Waals surface area contributed by atoms with E-state index in [4.69, 9.17) is 0 Å². The molecule has 0 amide bonds. The van der Waals surface area contributed by atoms with E-state index in [1.807, 2.05) is 18.2 Å². The fraction of sp³-hybridized carbons (Fsp3) is 0. The minimum atomic E-state index is 0.0162. The van der Waals surface area contributed by atoms with E-state index in [1.54, 1.807) is 17.1 Å². The number of hydrogen-bond acceptors (Lipinski definition) is 1. The maximum atomic E-state index is 11.1. The molecule has 0 saturated carbocycles. The zero-order valence-electron chi connectivity index (χ0n) is 5.83. The van der Waals surface area contributed by atoms with Gasteiger partial charge in [-0.25, -0.2) is 0 Å². The first-order valence-corrected chi connectivity index (χ1v) is 4.12. The molecular weight excluding hydrogens is 204 g/mol. The molecule has 1 aromatic carbocycles. The van der Waals surface area contributed by atoms with Crippen molar-refractivity contribution in [2.45, 2.75) is 0 Å². The summed E-state index contributed by atoms with van der Waals surface area (Å²) in [4.78, 5) is 12.7. The number of allylic oxidation sites excluding steroid dienone is 1. The van der Waals surface area contributed by atoms with Crippen LogP contribution < -0.4 is 0 Å². The molecule has 0 saturated heterocycles. The zero-order chi connectivity index (χ0) is 8.10. The Morgan fingerprint density at radius 2 is 1.91 bits per heavy atom. The highest BCUT2D eigenvalue weighted by Gasteiger charge is 1.97. The van der Waals surface area contributed by atoms with Crippen molar-refractivity contribution in [2.24, 2.45) is 0 Å². The first-order chi connectivity index (χ1) is 5.34. The highest BCUT2D eigenvalue weighted by atomic mass is 79.9. The summed E-state index contributed by atoms with van der Waals surface area (Å²) >= 11 is 3.05. The normalized spacial score (nSPS) is 10.3. The topological polar surface area (TPSA) is 17.1 Å². The van der Waals surface area contributed by atoms with Crippen molar-refractivity contribution in [3.8, 4) is 0 Å². The van der Waals surface area contributed by atoms with Crippen LogP contribution in [0.1, 0.15) is 10.4 Å². The van der Waals surface area contributed by atoms with Gasteiger partial charge in [0.2, 0.25) is 0 Å². The van der Waals surface area contributed by atoms with Gasteiger partial charge in [-0.2, -0.15) is 0 Å². The summed E-state index contributed by atoms with van der Waals surface area (Å²) < 4.78 is 0. The molecule has 0 aliphatic rings. The standard InChI is InChI=1S/C9H7BrO/c10-7-6-9(11)8-4-2-1-3-5-8/h1-7H/b7-6+. The second kappa shape index (κ2) is 4.09. The number of benzene rings is 1. The van der Waals surface area contributed by atoms with Gasteiger partial charge in [-0.05, 0) is 11.1 Å². The molecule has 2 heteroatoms. The van der Waals surface area contributed by atoms with Crippen LogP contribution in [0.5, 0.6) is 0 Å². The molecule has 56 valence electrons. The molecule has 1 rings (SSSR count). The van der Waals surface area contributed by atoms with E-state index >= 15 is 0 Å². The van der Waals surface area contributed by atoms with Gasteiger partial charge in [0.05, 0.1) is 0 Å². The number of rotatable bonds is 2. The minimum absolute atomic E-state index is 0.0162. The number of halogens is 1. The van der Waals surface area contributed by atoms with E-state index in [0.717, 1.165) is 0 Å². The third-order valence-corrected chi connectivity index (χ3v) is 1.54. The Bertz CT molecular complexity index is 264. The van der Waals surface area contributed by atoms with E-state index in [9.17, 15) is 4.79 Å². The summed E-state index contributed by atoms with van der Waals surface area (Å²) in [7, 11) is 0. The quantitative estimate of drug-likeness (QED) is 0.543. The van der Waals surface area contributed by atoms with E-state index in [2.05, 4.69) is 15.9 Å². The van der Waals surface area contributed by atoms with Gasteiger partial charge in [0.1, 0.15) is 0 Å². The van der Waals surface area contributed by atoms with Gasteiger partial charge in [0.25, 0.3) is 0 Å². The maximum Gasteiger partial charge on any atom is 0.186 e. The van der Waals surface area contributed by atoms with Crippen molar-refractivity contribution in [3.05, 3.63) is 47.0 Å². The average Bonchev–Trinajstić information content (AvgIpc) is 2.07. The first kappa shape index (κ1) is 8.21. The Balaban J connectivity index is 2.86. The van der Waals surface area contributed by atoms with Crippen molar-refractivity contribution >= 4 is 21.7 Å². The average molecular weight is 211 g/mol. The van der Waals surface area contributed by atoms with E-state index in [0.29, 0.717) is 5.56 Å². The van der Waals surface area contributed by atoms with Crippen molar-refractivity contribution in [1.29, 1.82) is 0 Å². The number of ketones is 1. The van der Waals surface area contributed by atoms with Crippen LogP contribution in [-0.4, -0.2) is 5.78 Å². The van der Waals surface area contributed by atoms with Gasteiger partial charge < -0.3 is 0 Å². The van der Waals surface area contributed by atoms with Crippen LogP contribution in [0.2, 0.25) is 0 Å². The Labute approximate surface area is 73.9 Å². The van der Waals surface area contributed by atoms with Crippen LogP contribution in [0, 0.1) is 0 Å². The molecule has 0 aromatic heterocycles. The van der Waals surface area contributed by atoms with Gasteiger partial charge >= 0.3 is 0 Å². The first-order valence-electron chi connectivity index (χ1n) is 3.21. The lowest BCUT2D eigenvalue weighted by molar-refractivity contribution is 0.104. The summed E-state index contributed by atoms with van der Waals surface area (Å²) in [5.41, 5.74) is 0.711. The summed E-state index contributed by atoms with van der Waals surface area (Å²) in [6.45, 7) is 0. The molecule has 0 bridgehead atoms. The lowest BCUT2D eigenvalue weighted by atomic mass is 10.1. The summed E-state index contributed by atoms with van der Waals surface area (Å²) in [6, 6.07) is 9.14. The smallest absolute Gasteiger partial charge is 0.186 e. The highest BCUT2D eigenvalue weighted by molar-refractivity contribution is 9.11.